The van der Waals surface area contributed by atoms with Gasteiger partial charge >= 0.3 is 5.97 Å². The highest BCUT2D eigenvalue weighted by Crippen LogP contribution is 2.21. The van der Waals surface area contributed by atoms with Gasteiger partial charge in [0, 0.05) is 26.6 Å². The molecule has 0 aromatic rings. The second-order valence-electron chi connectivity index (χ2n) is 4.68. The molecule has 100 valence electrons. The van der Waals surface area contributed by atoms with Crippen molar-refractivity contribution in [3.63, 3.8) is 0 Å². The number of ether oxygens (including phenoxy) is 3. The van der Waals surface area contributed by atoms with Gasteiger partial charge in [0.05, 0.1) is 12.2 Å². The molecule has 0 aromatic carbocycles. The van der Waals surface area contributed by atoms with E-state index in [9.17, 15) is 4.79 Å². The number of rotatable bonds is 5. The van der Waals surface area contributed by atoms with Gasteiger partial charge in [-0.15, -0.1) is 0 Å². The maximum Gasteiger partial charge on any atom is 0.323 e. The molecule has 5 nitrogen and oxygen atoms in total. The van der Waals surface area contributed by atoms with Crippen LogP contribution in [0.1, 0.15) is 33.1 Å². The minimum atomic E-state index is -0.594. The van der Waals surface area contributed by atoms with Crippen molar-refractivity contribution in [2.45, 2.75) is 57.5 Å². The van der Waals surface area contributed by atoms with E-state index in [2.05, 4.69) is 0 Å². The summed E-state index contributed by atoms with van der Waals surface area (Å²) in [5.74, 6) is -0.339. The molecule has 0 spiro atoms. The smallest absolute Gasteiger partial charge is 0.323 e. The summed E-state index contributed by atoms with van der Waals surface area (Å²) < 4.78 is 15.9. The molecule has 1 aliphatic rings. The van der Waals surface area contributed by atoms with E-state index in [1.54, 1.807) is 7.11 Å². The highest BCUT2D eigenvalue weighted by atomic mass is 16.6. The van der Waals surface area contributed by atoms with Crippen molar-refractivity contribution < 1.29 is 19.0 Å². The minimum Gasteiger partial charge on any atom is -0.461 e. The van der Waals surface area contributed by atoms with Crippen LogP contribution in [-0.2, 0) is 19.0 Å². The molecular weight excluding hydrogens is 222 g/mol. The summed E-state index contributed by atoms with van der Waals surface area (Å²) in [6, 6.07) is -0.594. The molecule has 0 radical (unpaired) electrons. The van der Waals surface area contributed by atoms with E-state index >= 15 is 0 Å². The molecule has 0 amide bonds. The molecule has 1 fully saturated rings. The maximum absolute atomic E-state index is 11.7. The summed E-state index contributed by atoms with van der Waals surface area (Å²) in [6.07, 6.45) is 2.16. The standard InChI is InChI=1S/C12H23NO4/c1-8-6-10(7-9(2)16-8)17-12(14)11(13)4-5-15-3/h8-11H,4-7,13H2,1-3H3. The lowest BCUT2D eigenvalue weighted by Crippen LogP contribution is -2.40. The number of nitrogens with two attached hydrogens (primary N) is 1. The first-order valence-electron chi connectivity index (χ1n) is 6.13. The van der Waals surface area contributed by atoms with Crippen molar-refractivity contribution in [3.8, 4) is 0 Å². The fraction of sp³-hybridized carbons (Fsp3) is 0.917. The first-order chi connectivity index (χ1) is 8.02. The van der Waals surface area contributed by atoms with Crippen LogP contribution in [0.3, 0.4) is 0 Å². The van der Waals surface area contributed by atoms with Gasteiger partial charge < -0.3 is 19.9 Å². The van der Waals surface area contributed by atoms with Crippen molar-refractivity contribution >= 4 is 5.97 Å². The van der Waals surface area contributed by atoms with Crippen molar-refractivity contribution in [3.05, 3.63) is 0 Å². The number of carbonyl (C=O) groups is 1. The molecule has 0 saturated carbocycles. The van der Waals surface area contributed by atoms with Crippen molar-refractivity contribution in [2.75, 3.05) is 13.7 Å². The third-order valence-electron chi connectivity index (χ3n) is 2.87. The first kappa shape index (κ1) is 14.4. The summed E-state index contributed by atoms with van der Waals surface area (Å²) in [6.45, 7) is 4.44. The van der Waals surface area contributed by atoms with Gasteiger partial charge in [0.15, 0.2) is 0 Å². The monoisotopic (exact) mass is 245 g/mol. The molecule has 0 aromatic heterocycles. The average molecular weight is 245 g/mol. The van der Waals surface area contributed by atoms with Gasteiger partial charge in [-0.05, 0) is 20.3 Å². The van der Waals surface area contributed by atoms with Crippen LogP contribution in [-0.4, -0.2) is 44.0 Å². The predicted molar refractivity (Wildman–Crippen MR) is 63.6 cm³/mol. The molecule has 3 unspecified atom stereocenters. The molecule has 17 heavy (non-hydrogen) atoms. The normalized spacial score (nSPS) is 30.9. The van der Waals surface area contributed by atoms with Gasteiger partial charge in [-0.1, -0.05) is 0 Å². The van der Waals surface area contributed by atoms with Crippen LogP contribution in [0.5, 0.6) is 0 Å². The van der Waals surface area contributed by atoms with Crippen LogP contribution in [0, 0.1) is 0 Å². The quantitative estimate of drug-likeness (QED) is 0.727. The van der Waals surface area contributed by atoms with Crippen LogP contribution in [0.25, 0.3) is 0 Å². The van der Waals surface area contributed by atoms with Crippen LogP contribution >= 0.6 is 0 Å². The Morgan fingerprint density at radius 1 is 1.41 bits per heavy atom. The number of hydrogen-bond donors (Lipinski definition) is 1. The molecule has 1 rings (SSSR count). The topological polar surface area (TPSA) is 70.8 Å². The molecular formula is C12H23NO4. The number of methoxy groups -OCH3 is 1. The minimum absolute atomic E-state index is 0.0742. The Labute approximate surface area is 103 Å². The number of carbonyl (C=O) groups excluding carboxylic acids is 1. The van der Waals surface area contributed by atoms with Gasteiger partial charge in [0.1, 0.15) is 12.1 Å². The lowest BCUT2D eigenvalue weighted by atomic mass is 10.0. The largest absolute Gasteiger partial charge is 0.461 e. The maximum atomic E-state index is 11.7. The third-order valence-corrected chi connectivity index (χ3v) is 2.87. The Kier molecular flexibility index (Phi) is 5.88. The molecule has 0 bridgehead atoms. The SMILES string of the molecule is COCCC(N)C(=O)OC1CC(C)OC(C)C1. The van der Waals surface area contributed by atoms with E-state index in [4.69, 9.17) is 19.9 Å². The lowest BCUT2D eigenvalue weighted by molar-refractivity contribution is -0.161. The van der Waals surface area contributed by atoms with Crippen LogP contribution in [0.2, 0.25) is 0 Å². The zero-order chi connectivity index (χ0) is 12.8. The second kappa shape index (κ2) is 6.93. The fourth-order valence-electron chi connectivity index (χ4n) is 2.05. The summed E-state index contributed by atoms with van der Waals surface area (Å²) in [5, 5.41) is 0. The molecule has 2 N–H and O–H groups in total. The zero-order valence-electron chi connectivity index (χ0n) is 10.8. The van der Waals surface area contributed by atoms with E-state index in [1.165, 1.54) is 0 Å². The number of esters is 1. The summed E-state index contributed by atoms with van der Waals surface area (Å²) in [4.78, 5) is 11.7. The van der Waals surface area contributed by atoms with Gasteiger partial charge in [-0.25, -0.2) is 0 Å². The van der Waals surface area contributed by atoms with Crippen LogP contribution in [0.15, 0.2) is 0 Å². The molecule has 0 aliphatic carbocycles. The van der Waals surface area contributed by atoms with E-state index < -0.39 is 6.04 Å². The number of hydrogen-bond acceptors (Lipinski definition) is 5. The van der Waals surface area contributed by atoms with Gasteiger partial charge in [-0.3, -0.25) is 4.79 Å². The predicted octanol–water partition coefficient (Wildman–Crippen LogP) is 0.849. The van der Waals surface area contributed by atoms with E-state index in [0.717, 1.165) is 12.8 Å². The van der Waals surface area contributed by atoms with Crippen molar-refractivity contribution in [2.24, 2.45) is 5.73 Å². The van der Waals surface area contributed by atoms with Gasteiger partial charge in [-0.2, -0.15) is 0 Å². The Morgan fingerprint density at radius 2 is 2.00 bits per heavy atom. The third kappa shape index (κ3) is 5.02. The highest BCUT2D eigenvalue weighted by molar-refractivity contribution is 5.75. The Balaban J connectivity index is 2.34. The van der Waals surface area contributed by atoms with Gasteiger partial charge in [0.25, 0.3) is 0 Å². The lowest BCUT2D eigenvalue weighted by Gasteiger charge is -2.32. The van der Waals surface area contributed by atoms with Gasteiger partial charge in [0.2, 0.25) is 0 Å². The molecule has 1 heterocycles. The summed E-state index contributed by atoms with van der Waals surface area (Å²) in [5.41, 5.74) is 5.70. The van der Waals surface area contributed by atoms with Crippen molar-refractivity contribution in [1.29, 1.82) is 0 Å². The Hall–Kier alpha value is -0.650. The highest BCUT2D eigenvalue weighted by Gasteiger charge is 2.28. The summed E-state index contributed by atoms with van der Waals surface area (Å²) in [7, 11) is 1.58. The van der Waals surface area contributed by atoms with E-state index in [1.807, 2.05) is 13.8 Å². The fourth-order valence-corrected chi connectivity index (χ4v) is 2.05. The molecule has 3 atom stereocenters. The van der Waals surface area contributed by atoms with E-state index in [0.29, 0.717) is 13.0 Å². The molecule has 1 aliphatic heterocycles. The zero-order valence-corrected chi connectivity index (χ0v) is 10.8. The molecule has 5 heteroatoms. The average Bonchev–Trinajstić information content (AvgIpc) is 2.24. The van der Waals surface area contributed by atoms with E-state index in [-0.39, 0.29) is 24.3 Å². The van der Waals surface area contributed by atoms with Crippen LogP contribution < -0.4 is 5.73 Å². The summed E-state index contributed by atoms with van der Waals surface area (Å²) >= 11 is 0. The second-order valence-corrected chi connectivity index (χ2v) is 4.68. The Morgan fingerprint density at radius 3 is 2.53 bits per heavy atom. The Bertz CT molecular complexity index is 237. The molecule has 1 saturated heterocycles. The first-order valence-corrected chi connectivity index (χ1v) is 6.13. The van der Waals surface area contributed by atoms with Crippen molar-refractivity contribution in [1.82, 2.24) is 0 Å². The van der Waals surface area contributed by atoms with Crippen LogP contribution in [0.4, 0.5) is 0 Å².